The lowest BCUT2D eigenvalue weighted by Gasteiger charge is -2.27. The number of nitrogens with two attached hydrogens (primary N) is 1. The fourth-order valence-corrected chi connectivity index (χ4v) is 4.30. The summed E-state index contributed by atoms with van der Waals surface area (Å²) in [6.07, 6.45) is 0. The summed E-state index contributed by atoms with van der Waals surface area (Å²) in [7, 11) is 0. The minimum absolute atomic E-state index is 0.247. The van der Waals surface area contributed by atoms with Crippen molar-refractivity contribution >= 4 is 28.8 Å². The number of amides is 2. The van der Waals surface area contributed by atoms with Crippen LogP contribution in [0.5, 0.6) is 5.75 Å². The van der Waals surface area contributed by atoms with Crippen LogP contribution in [0, 0.1) is 6.92 Å². The lowest BCUT2D eigenvalue weighted by Crippen LogP contribution is -2.29. The highest BCUT2D eigenvalue weighted by Gasteiger charge is 2.29. The summed E-state index contributed by atoms with van der Waals surface area (Å²) >= 11 is 0. The second kappa shape index (κ2) is 9.22. The topological polar surface area (TPSA) is 126 Å². The summed E-state index contributed by atoms with van der Waals surface area (Å²) in [5, 5.41) is 7.28. The number of carbonyl (C=O) groups excluding carboxylic acids is 2. The molecular weight excluding hydrogens is 448 g/mol. The average Bonchev–Trinajstić information content (AvgIpc) is 3.42. The Morgan fingerprint density at radius 2 is 2.03 bits per heavy atom. The Morgan fingerprint density at radius 3 is 2.77 bits per heavy atom. The standard InChI is InChI=1S/C25H26N6O4/c1-3-30-20(9-15(2)29-30)24(33)28-25-27-19-10-17(23(26)32)11-21-22(19)31(25)18(14-35-21)13-34-12-16-7-5-4-6-8-16/h4-11,18H,3,12-14H2,1-2H3,(H2,26,32)(H,27,28,33)/t18-/m0/s1. The van der Waals surface area contributed by atoms with Gasteiger partial charge in [-0.1, -0.05) is 30.3 Å². The average molecular weight is 475 g/mol. The Kier molecular flexibility index (Phi) is 5.96. The number of imidazole rings is 1. The molecule has 0 fully saturated rings. The zero-order valence-corrected chi connectivity index (χ0v) is 19.5. The minimum Gasteiger partial charge on any atom is -0.489 e. The molecule has 180 valence electrons. The zero-order chi connectivity index (χ0) is 24.5. The first-order chi connectivity index (χ1) is 16.9. The third-order valence-corrected chi connectivity index (χ3v) is 5.91. The van der Waals surface area contributed by atoms with E-state index in [4.69, 9.17) is 15.2 Å². The van der Waals surface area contributed by atoms with Crippen LogP contribution >= 0.6 is 0 Å². The lowest BCUT2D eigenvalue weighted by atomic mass is 10.1. The van der Waals surface area contributed by atoms with Gasteiger partial charge >= 0.3 is 0 Å². The van der Waals surface area contributed by atoms with E-state index in [1.165, 1.54) is 0 Å². The molecule has 35 heavy (non-hydrogen) atoms. The van der Waals surface area contributed by atoms with E-state index in [2.05, 4.69) is 15.4 Å². The first-order valence-electron chi connectivity index (χ1n) is 11.4. The van der Waals surface area contributed by atoms with Crippen LogP contribution in [0.3, 0.4) is 0 Å². The number of primary amides is 1. The summed E-state index contributed by atoms with van der Waals surface area (Å²) in [4.78, 5) is 29.6. The molecule has 2 aromatic carbocycles. The van der Waals surface area contributed by atoms with Crippen LogP contribution in [-0.2, 0) is 17.9 Å². The van der Waals surface area contributed by atoms with Gasteiger partial charge in [0.25, 0.3) is 5.91 Å². The van der Waals surface area contributed by atoms with Crippen LogP contribution in [-0.4, -0.2) is 44.4 Å². The highest BCUT2D eigenvalue weighted by atomic mass is 16.5. The van der Waals surface area contributed by atoms with E-state index in [0.717, 1.165) is 11.3 Å². The van der Waals surface area contributed by atoms with Crippen molar-refractivity contribution in [1.82, 2.24) is 19.3 Å². The Hall–Kier alpha value is -4.18. The molecule has 0 spiro atoms. The molecule has 3 heterocycles. The monoisotopic (exact) mass is 474 g/mol. The predicted molar refractivity (Wildman–Crippen MR) is 129 cm³/mol. The molecule has 0 unspecified atom stereocenters. The number of ether oxygens (including phenoxy) is 2. The minimum atomic E-state index is -0.581. The van der Waals surface area contributed by atoms with E-state index >= 15 is 0 Å². The third kappa shape index (κ3) is 4.35. The van der Waals surface area contributed by atoms with E-state index in [9.17, 15) is 9.59 Å². The molecule has 4 aromatic rings. The van der Waals surface area contributed by atoms with Crippen molar-refractivity contribution < 1.29 is 19.1 Å². The molecule has 0 saturated carbocycles. The molecular formula is C25H26N6O4. The fourth-order valence-electron chi connectivity index (χ4n) is 4.30. The van der Waals surface area contributed by atoms with Crippen LogP contribution in [0.25, 0.3) is 11.0 Å². The lowest BCUT2D eigenvalue weighted by molar-refractivity contribution is 0.0693. The normalized spacial score (nSPS) is 14.6. The largest absolute Gasteiger partial charge is 0.489 e. The SMILES string of the molecule is CCn1nc(C)cc1C(=O)Nc1nc2cc(C(N)=O)cc3c2n1[C@@H](COCc1ccccc1)CO3. The van der Waals surface area contributed by atoms with Gasteiger partial charge in [0, 0.05) is 12.1 Å². The van der Waals surface area contributed by atoms with Gasteiger partial charge in [-0.25, -0.2) is 4.98 Å². The van der Waals surface area contributed by atoms with E-state index in [1.54, 1.807) is 22.9 Å². The molecule has 2 amide bonds. The number of hydrogen-bond acceptors (Lipinski definition) is 6. The van der Waals surface area contributed by atoms with Gasteiger partial charge in [-0.15, -0.1) is 0 Å². The van der Waals surface area contributed by atoms with Crippen molar-refractivity contribution in [2.24, 2.45) is 5.73 Å². The predicted octanol–water partition coefficient (Wildman–Crippen LogP) is 3.06. The molecule has 2 aromatic heterocycles. The molecule has 0 radical (unpaired) electrons. The maximum Gasteiger partial charge on any atom is 0.276 e. The van der Waals surface area contributed by atoms with Gasteiger partial charge in [-0.3, -0.25) is 24.2 Å². The Bertz CT molecular complexity index is 1410. The van der Waals surface area contributed by atoms with E-state index in [0.29, 0.717) is 48.2 Å². The molecule has 5 rings (SSSR count). The van der Waals surface area contributed by atoms with Crippen LogP contribution in [0.15, 0.2) is 48.5 Å². The molecule has 1 aliphatic rings. The van der Waals surface area contributed by atoms with E-state index in [1.807, 2.05) is 48.7 Å². The number of benzene rings is 2. The summed E-state index contributed by atoms with van der Waals surface area (Å²) in [6, 6.07) is 14.6. The number of nitrogens with one attached hydrogen (secondary N) is 1. The van der Waals surface area contributed by atoms with Crippen molar-refractivity contribution in [2.75, 3.05) is 18.5 Å². The van der Waals surface area contributed by atoms with Crippen LogP contribution in [0.1, 0.15) is 45.1 Å². The molecule has 10 nitrogen and oxygen atoms in total. The first-order valence-corrected chi connectivity index (χ1v) is 11.4. The molecule has 10 heteroatoms. The summed E-state index contributed by atoms with van der Waals surface area (Å²) in [5.41, 5.74) is 9.20. The maximum absolute atomic E-state index is 13.2. The second-order valence-corrected chi connectivity index (χ2v) is 8.42. The summed E-state index contributed by atoms with van der Waals surface area (Å²) < 4.78 is 15.5. The van der Waals surface area contributed by atoms with Crippen molar-refractivity contribution in [2.45, 2.75) is 33.0 Å². The van der Waals surface area contributed by atoms with Crippen molar-refractivity contribution in [1.29, 1.82) is 0 Å². The first kappa shape index (κ1) is 22.6. The van der Waals surface area contributed by atoms with E-state index in [-0.39, 0.29) is 24.1 Å². The zero-order valence-electron chi connectivity index (χ0n) is 19.5. The molecule has 0 saturated heterocycles. The number of hydrogen-bond donors (Lipinski definition) is 2. The molecule has 0 bridgehead atoms. The summed E-state index contributed by atoms with van der Waals surface area (Å²) in [5.74, 6) is -0.0855. The third-order valence-electron chi connectivity index (χ3n) is 5.91. The smallest absolute Gasteiger partial charge is 0.276 e. The highest BCUT2D eigenvalue weighted by Crippen LogP contribution is 2.37. The number of aryl methyl sites for hydroxylation is 2. The van der Waals surface area contributed by atoms with Gasteiger partial charge in [0.2, 0.25) is 11.9 Å². The van der Waals surface area contributed by atoms with Crippen LogP contribution < -0.4 is 15.8 Å². The van der Waals surface area contributed by atoms with Crippen LogP contribution in [0.4, 0.5) is 5.95 Å². The Morgan fingerprint density at radius 1 is 1.23 bits per heavy atom. The number of carbonyl (C=O) groups is 2. The van der Waals surface area contributed by atoms with Crippen molar-refractivity contribution in [3.05, 3.63) is 71.0 Å². The summed E-state index contributed by atoms with van der Waals surface area (Å²) in [6.45, 7) is 5.39. The van der Waals surface area contributed by atoms with Crippen molar-refractivity contribution in [3.8, 4) is 5.75 Å². The fraction of sp³-hybridized carbons (Fsp3) is 0.280. The Balaban J connectivity index is 1.49. The second-order valence-electron chi connectivity index (χ2n) is 8.42. The van der Waals surface area contributed by atoms with Gasteiger partial charge in [-0.05, 0) is 37.6 Å². The Labute approximate surface area is 201 Å². The number of aromatic nitrogens is 4. The van der Waals surface area contributed by atoms with Gasteiger partial charge in [0.1, 0.15) is 23.6 Å². The maximum atomic E-state index is 13.2. The number of nitrogens with zero attached hydrogens (tertiary/aromatic N) is 4. The van der Waals surface area contributed by atoms with E-state index < -0.39 is 5.91 Å². The quantitative estimate of drug-likeness (QED) is 0.404. The molecule has 1 atom stereocenters. The van der Waals surface area contributed by atoms with Gasteiger partial charge < -0.3 is 15.2 Å². The van der Waals surface area contributed by atoms with Gasteiger partial charge in [0.05, 0.1) is 30.5 Å². The van der Waals surface area contributed by atoms with Crippen molar-refractivity contribution in [3.63, 3.8) is 0 Å². The number of anilines is 1. The molecule has 0 aliphatic carbocycles. The highest BCUT2D eigenvalue weighted by molar-refractivity contribution is 6.04. The van der Waals surface area contributed by atoms with Gasteiger partial charge in [-0.2, -0.15) is 5.10 Å². The van der Waals surface area contributed by atoms with Gasteiger partial charge in [0.15, 0.2) is 0 Å². The molecule has 1 aliphatic heterocycles. The van der Waals surface area contributed by atoms with Crippen LogP contribution in [0.2, 0.25) is 0 Å². The molecule has 3 N–H and O–H groups in total. The number of rotatable bonds is 8.